The van der Waals surface area contributed by atoms with E-state index in [0.717, 1.165) is 27.9 Å². The van der Waals surface area contributed by atoms with E-state index in [-0.39, 0.29) is 0 Å². The lowest BCUT2D eigenvalue weighted by atomic mass is 10.1. The van der Waals surface area contributed by atoms with Crippen LogP contribution in [0.15, 0.2) is 24.4 Å². The van der Waals surface area contributed by atoms with Crippen molar-refractivity contribution in [3.8, 4) is 5.75 Å². The molecule has 0 bridgehead atoms. The second kappa shape index (κ2) is 3.73. The lowest BCUT2D eigenvalue weighted by Gasteiger charge is -2.10. The molecule has 2 aromatic heterocycles. The third kappa shape index (κ3) is 1.27. The molecule has 0 aliphatic rings. The Balaban J connectivity index is 2.61. The van der Waals surface area contributed by atoms with E-state index >= 15 is 0 Å². The van der Waals surface area contributed by atoms with Gasteiger partial charge in [-0.2, -0.15) is 0 Å². The Hall–Kier alpha value is -2.03. The van der Waals surface area contributed by atoms with E-state index in [2.05, 4.69) is 42.6 Å². The molecule has 3 heteroatoms. The van der Waals surface area contributed by atoms with Gasteiger partial charge in [-0.25, -0.2) is 0 Å². The number of methoxy groups -OCH3 is 1. The Morgan fingerprint density at radius 1 is 1.22 bits per heavy atom. The van der Waals surface area contributed by atoms with Crippen molar-refractivity contribution >= 4 is 21.9 Å². The molecule has 0 unspecified atom stereocenters. The van der Waals surface area contributed by atoms with Gasteiger partial charge in [-0.1, -0.05) is 0 Å². The molecule has 0 N–H and O–H groups in total. The maximum absolute atomic E-state index is 5.50. The Morgan fingerprint density at radius 3 is 2.72 bits per heavy atom. The van der Waals surface area contributed by atoms with Crippen molar-refractivity contribution in [3.05, 3.63) is 35.5 Å². The second-order valence-electron chi connectivity index (χ2n) is 4.68. The number of pyridine rings is 1. The summed E-state index contributed by atoms with van der Waals surface area (Å²) in [5.41, 5.74) is 5.73. The summed E-state index contributed by atoms with van der Waals surface area (Å²) in [6.45, 7) is 4.18. The van der Waals surface area contributed by atoms with Crippen LogP contribution >= 0.6 is 0 Å². The molecule has 2 heterocycles. The summed E-state index contributed by atoms with van der Waals surface area (Å²) in [6, 6.07) is 6.24. The molecule has 0 fully saturated rings. The first kappa shape index (κ1) is 11.1. The topological polar surface area (TPSA) is 27.1 Å². The number of benzene rings is 1. The summed E-state index contributed by atoms with van der Waals surface area (Å²) in [4.78, 5) is 4.52. The molecule has 0 spiro atoms. The van der Waals surface area contributed by atoms with Crippen LogP contribution in [-0.2, 0) is 7.05 Å². The number of nitrogens with zero attached hydrogens (tertiary/aromatic N) is 2. The van der Waals surface area contributed by atoms with E-state index < -0.39 is 0 Å². The zero-order valence-electron chi connectivity index (χ0n) is 11.1. The molecule has 18 heavy (non-hydrogen) atoms. The first-order valence-electron chi connectivity index (χ1n) is 6.02. The van der Waals surface area contributed by atoms with Crippen molar-refractivity contribution in [2.45, 2.75) is 13.8 Å². The van der Waals surface area contributed by atoms with Crippen molar-refractivity contribution < 1.29 is 4.74 Å². The predicted molar refractivity (Wildman–Crippen MR) is 74.2 cm³/mol. The lowest BCUT2D eigenvalue weighted by molar-refractivity contribution is 0.409. The van der Waals surface area contributed by atoms with Crippen LogP contribution in [0.3, 0.4) is 0 Å². The number of hydrogen-bond donors (Lipinski definition) is 0. The third-order valence-corrected chi connectivity index (χ3v) is 3.63. The smallest absolute Gasteiger partial charge is 0.125 e. The molecule has 0 aliphatic carbocycles. The molecule has 0 atom stereocenters. The molecule has 3 aromatic rings. The van der Waals surface area contributed by atoms with E-state index in [1.807, 2.05) is 12.3 Å². The van der Waals surface area contributed by atoms with Gasteiger partial charge < -0.3 is 9.30 Å². The van der Waals surface area contributed by atoms with Gasteiger partial charge in [0.25, 0.3) is 0 Å². The van der Waals surface area contributed by atoms with E-state index in [0.29, 0.717) is 0 Å². The highest BCUT2D eigenvalue weighted by molar-refractivity contribution is 6.08. The summed E-state index contributed by atoms with van der Waals surface area (Å²) in [6.07, 6.45) is 1.84. The number of hydrogen-bond acceptors (Lipinski definition) is 2. The molecular formula is C15H16N2O. The fourth-order valence-corrected chi connectivity index (χ4v) is 2.81. The molecule has 0 saturated heterocycles. The summed E-state index contributed by atoms with van der Waals surface area (Å²) in [5, 5.41) is 1.19. The summed E-state index contributed by atoms with van der Waals surface area (Å²) in [5.74, 6) is 0.959. The van der Waals surface area contributed by atoms with Crippen LogP contribution in [0.5, 0.6) is 5.75 Å². The van der Waals surface area contributed by atoms with E-state index in [4.69, 9.17) is 4.74 Å². The maximum atomic E-state index is 5.50. The van der Waals surface area contributed by atoms with Gasteiger partial charge in [0.05, 0.1) is 23.7 Å². The van der Waals surface area contributed by atoms with Crippen molar-refractivity contribution in [3.63, 3.8) is 0 Å². The fourth-order valence-electron chi connectivity index (χ4n) is 2.81. The van der Waals surface area contributed by atoms with Gasteiger partial charge in [-0.3, -0.25) is 4.98 Å². The van der Waals surface area contributed by atoms with Crippen molar-refractivity contribution in [1.29, 1.82) is 0 Å². The molecule has 0 amide bonds. The van der Waals surface area contributed by atoms with Crippen LogP contribution in [0.4, 0.5) is 0 Å². The van der Waals surface area contributed by atoms with Gasteiger partial charge in [0.2, 0.25) is 0 Å². The zero-order chi connectivity index (χ0) is 12.9. The van der Waals surface area contributed by atoms with Crippen molar-refractivity contribution in [2.24, 2.45) is 7.05 Å². The summed E-state index contributed by atoms with van der Waals surface area (Å²) >= 11 is 0. The molecule has 0 saturated carbocycles. The van der Waals surface area contributed by atoms with Gasteiger partial charge in [0, 0.05) is 24.2 Å². The fraction of sp³-hybridized carbons (Fsp3) is 0.267. The first-order chi connectivity index (χ1) is 8.65. The van der Waals surface area contributed by atoms with Gasteiger partial charge in [-0.05, 0) is 37.6 Å². The Morgan fingerprint density at radius 2 is 2.00 bits per heavy atom. The largest absolute Gasteiger partial charge is 0.496 e. The second-order valence-corrected chi connectivity index (χ2v) is 4.68. The Kier molecular flexibility index (Phi) is 2.30. The number of rotatable bonds is 1. The number of aryl methyl sites for hydroxylation is 3. The molecule has 0 aliphatic heterocycles. The maximum Gasteiger partial charge on any atom is 0.125 e. The van der Waals surface area contributed by atoms with Gasteiger partial charge in [-0.15, -0.1) is 0 Å². The lowest BCUT2D eigenvalue weighted by Crippen LogP contribution is -1.93. The van der Waals surface area contributed by atoms with E-state index in [1.54, 1.807) is 7.11 Å². The minimum Gasteiger partial charge on any atom is -0.496 e. The molecular weight excluding hydrogens is 224 g/mol. The quantitative estimate of drug-likeness (QED) is 0.652. The summed E-state index contributed by atoms with van der Waals surface area (Å²) in [7, 11) is 3.80. The van der Waals surface area contributed by atoms with Crippen LogP contribution in [0.1, 0.15) is 11.1 Å². The van der Waals surface area contributed by atoms with Crippen LogP contribution in [-0.4, -0.2) is 16.7 Å². The number of ether oxygens (including phenoxy) is 1. The van der Waals surface area contributed by atoms with Crippen LogP contribution in [0.2, 0.25) is 0 Å². The average Bonchev–Trinajstić information content (AvgIpc) is 2.64. The normalized spacial score (nSPS) is 11.3. The Bertz CT molecular complexity index is 756. The first-order valence-corrected chi connectivity index (χ1v) is 6.02. The monoisotopic (exact) mass is 240 g/mol. The molecule has 1 aromatic carbocycles. The average molecular weight is 240 g/mol. The molecule has 0 radical (unpaired) electrons. The zero-order valence-corrected chi connectivity index (χ0v) is 11.1. The highest BCUT2D eigenvalue weighted by atomic mass is 16.5. The summed E-state index contributed by atoms with van der Waals surface area (Å²) < 4.78 is 7.70. The SMILES string of the molecule is COc1c(C)cc2c(c1C)c1ncccc1n2C. The van der Waals surface area contributed by atoms with Gasteiger partial charge >= 0.3 is 0 Å². The third-order valence-electron chi connectivity index (χ3n) is 3.63. The highest BCUT2D eigenvalue weighted by Crippen LogP contribution is 2.36. The molecule has 3 nitrogen and oxygen atoms in total. The Labute approximate surface area is 106 Å². The predicted octanol–water partition coefficient (Wildman–Crippen LogP) is 3.35. The van der Waals surface area contributed by atoms with Crippen LogP contribution in [0.25, 0.3) is 21.9 Å². The highest BCUT2D eigenvalue weighted by Gasteiger charge is 2.15. The molecule has 3 rings (SSSR count). The van der Waals surface area contributed by atoms with Crippen molar-refractivity contribution in [2.75, 3.05) is 7.11 Å². The van der Waals surface area contributed by atoms with Gasteiger partial charge in [0.15, 0.2) is 0 Å². The number of aromatic nitrogens is 2. The van der Waals surface area contributed by atoms with Crippen LogP contribution < -0.4 is 4.74 Å². The molecule has 92 valence electrons. The minimum atomic E-state index is 0.959. The minimum absolute atomic E-state index is 0.959. The van der Waals surface area contributed by atoms with E-state index in [9.17, 15) is 0 Å². The van der Waals surface area contributed by atoms with Crippen molar-refractivity contribution in [1.82, 2.24) is 9.55 Å². The number of fused-ring (bicyclic) bond motifs is 3. The van der Waals surface area contributed by atoms with Crippen LogP contribution in [0, 0.1) is 13.8 Å². The van der Waals surface area contributed by atoms with E-state index in [1.165, 1.54) is 10.9 Å². The standard InChI is InChI=1S/C15H16N2O/c1-9-8-12-13(10(2)15(9)18-4)14-11(17(12)3)6-5-7-16-14/h5-8H,1-4H3. The van der Waals surface area contributed by atoms with Gasteiger partial charge in [0.1, 0.15) is 5.75 Å².